The Bertz CT molecular complexity index is 522. The number of carboxylic acid groups (broad SMARTS) is 1. The minimum Gasteiger partial charge on any atom is -0.478 e. The van der Waals surface area contributed by atoms with Crippen LogP contribution in [0.3, 0.4) is 0 Å². The monoisotopic (exact) mass is 698 g/mol. The molecule has 1 N–H and O–H groups in total. The summed E-state index contributed by atoms with van der Waals surface area (Å²) in [6.07, 6.45) is 0. The lowest BCUT2D eigenvalue weighted by molar-refractivity contribution is 0.0695. The zero-order valence-electron chi connectivity index (χ0n) is 16.1. The third kappa shape index (κ3) is 12.5. The van der Waals surface area contributed by atoms with Crippen LogP contribution in [-0.4, -0.2) is 25.2 Å². The summed E-state index contributed by atoms with van der Waals surface area (Å²) in [4.78, 5) is 10.7. The molecule has 0 fully saturated rings. The molecule has 0 atom stereocenters. The van der Waals surface area contributed by atoms with E-state index in [4.69, 9.17) is 5.11 Å². The van der Waals surface area contributed by atoms with E-state index in [0.29, 0.717) is 5.56 Å². The van der Waals surface area contributed by atoms with Gasteiger partial charge in [0, 0.05) is 10.7 Å². The van der Waals surface area contributed by atoms with Gasteiger partial charge in [0.15, 0.2) is 0 Å². The Morgan fingerprint density at radius 1 is 0.920 bits per heavy atom. The first-order valence-electron chi connectivity index (χ1n) is 8.81. The molecular weight excluding hydrogens is 668 g/mol. The summed E-state index contributed by atoms with van der Waals surface area (Å²) in [5, 5.41) is 13.5. The van der Waals surface area contributed by atoms with E-state index in [-0.39, 0.29) is 0 Å². The molecule has 0 aliphatic carbocycles. The fraction of sp³-hybridized carbons (Fsp3) is 0.632. The van der Waals surface area contributed by atoms with Gasteiger partial charge in [-0.25, -0.2) is 4.79 Å². The highest BCUT2D eigenvalue weighted by Gasteiger charge is 2.20. The van der Waals surface area contributed by atoms with E-state index in [0.717, 1.165) is 28.5 Å². The first kappa shape index (κ1) is 26.4. The van der Waals surface area contributed by atoms with Crippen molar-refractivity contribution in [3.63, 3.8) is 0 Å². The van der Waals surface area contributed by atoms with Crippen molar-refractivity contribution < 1.29 is 9.90 Å². The molecule has 142 valence electrons. The van der Waals surface area contributed by atoms with Gasteiger partial charge in [-0.05, 0) is 79.9 Å². The molecular formula is C19H30AlI3O2. The average molecular weight is 698 g/mol. The fourth-order valence-electron chi connectivity index (χ4n) is 3.00. The van der Waals surface area contributed by atoms with Gasteiger partial charge in [0.2, 0.25) is 0 Å². The Balaban J connectivity index is 0.000000462. The molecule has 0 aliphatic heterocycles. The maximum absolute atomic E-state index is 10.7. The molecule has 0 radical (unpaired) electrons. The lowest BCUT2D eigenvalue weighted by Gasteiger charge is -2.17. The van der Waals surface area contributed by atoms with Crippen molar-refractivity contribution in [3.8, 4) is 0 Å². The molecule has 2 nitrogen and oxygen atoms in total. The number of hydrogen-bond donors (Lipinski definition) is 1. The van der Waals surface area contributed by atoms with Crippen molar-refractivity contribution in [3.05, 3.63) is 28.4 Å². The van der Waals surface area contributed by atoms with Crippen molar-refractivity contribution >= 4 is 87.9 Å². The zero-order valence-corrected chi connectivity index (χ0v) is 23.7. The number of benzene rings is 1. The zero-order chi connectivity index (χ0) is 19.7. The van der Waals surface area contributed by atoms with Crippen LogP contribution in [0.15, 0.2) is 12.1 Å². The molecule has 25 heavy (non-hydrogen) atoms. The Labute approximate surface area is 199 Å². The number of hydrogen-bond acceptors (Lipinski definition) is 1. The molecule has 0 aromatic heterocycles. The van der Waals surface area contributed by atoms with Crippen LogP contribution in [0.5, 0.6) is 0 Å². The van der Waals surface area contributed by atoms with E-state index in [2.05, 4.69) is 86.7 Å². The molecule has 0 amide bonds. The number of aromatic carboxylic acids is 1. The van der Waals surface area contributed by atoms with Crippen molar-refractivity contribution in [2.75, 3.05) is 0 Å². The Morgan fingerprint density at radius 2 is 1.32 bits per heavy atom. The maximum atomic E-state index is 10.7. The summed E-state index contributed by atoms with van der Waals surface area (Å²) < 4.78 is 2.74. The highest BCUT2D eigenvalue weighted by Crippen LogP contribution is 2.23. The van der Waals surface area contributed by atoms with E-state index in [1.54, 1.807) is 21.9 Å². The molecule has 1 aromatic carbocycles. The fourth-order valence-corrected chi connectivity index (χ4v) is 9.96. The first-order valence-corrected chi connectivity index (χ1v) is 14.5. The van der Waals surface area contributed by atoms with Crippen molar-refractivity contribution in [2.24, 2.45) is 17.8 Å². The van der Waals surface area contributed by atoms with E-state index in [1.807, 2.05) is 28.7 Å². The molecule has 0 spiro atoms. The van der Waals surface area contributed by atoms with Crippen molar-refractivity contribution in [1.82, 2.24) is 0 Å². The van der Waals surface area contributed by atoms with Crippen LogP contribution in [-0.2, 0) is 0 Å². The Hall–Kier alpha value is 1.41. The van der Waals surface area contributed by atoms with E-state index in [9.17, 15) is 4.79 Å². The molecule has 6 heteroatoms. The molecule has 1 aromatic rings. The second-order valence-electron chi connectivity index (χ2n) is 7.81. The summed E-state index contributed by atoms with van der Waals surface area (Å²) >= 11 is 5.88. The minimum atomic E-state index is -0.865. The van der Waals surface area contributed by atoms with Crippen LogP contribution in [0.2, 0.25) is 15.8 Å². The standard InChI is InChI=1S/C7H3I3O2.3C4H9.Al/c8-3-1-4(7(11)12)6(10)5(9)2-3;3*1-4(2)3;/h1-2H,(H,11,12);3*4H,1H2,2-3H3;. The Morgan fingerprint density at radius 3 is 1.64 bits per heavy atom. The maximum Gasteiger partial charge on any atom is 0.336 e. The SMILES string of the molecule is CC(C)[CH2][Al]([CH2]C(C)C)[CH2]C(C)C.O=C(O)c1cc(I)cc(I)c1I. The predicted molar refractivity (Wildman–Crippen MR) is 136 cm³/mol. The predicted octanol–water partition coefficient (Wildman–Crippen LogP) is 7.65. The minimum absolute atomic E-state index is 0.381. The average Bonchev–Trinajstić information content (AvgIpc) is 2.40. The second-order valence-corrected chi connectivity index (χ2v) is 14.4. The summed E-state index contributed by atoms with van der Waals surface area (Å²) in [5.41, 5.74) is 0.381. The van der Waals surface area contributed by atoms with Crippen molar-refractivity contribution in [1.29, 1.82) is 0 Å². The Kier molecular flexibility index (Phi) is 14.3. The lowest BCUT2D eigenvalue weighted by Crippen LogP contribution is -2.19. The van der Waals surface area contributed by atoms with Gasteiger partial charge >= 0.3 is 5.97 Å². The molecule has 0 aliphatic rings. The third-order valence-electron chi connectivity index (χ3n) is 3.64. The first-order chi connectivity index (χ1) is 11.4. The second kappa shape index (κ2) is 13.6. The van der Waals surface area contributed by atoms with Crippen LogP contribution in [0, 0.1) is 28.5 Å². The van der Waals surface area contributed by atoms with Gasteiger partial charge in [0.05, 0.1) is 5.56 Å². The highest BCUT2D eigenvalue weighted by molar-refractivity contribution is 14.1. The number of halogens is 3. The van der Waals surface area contributed by atoms with Gasteiger partial charge < -0.3 is 5.11 Å². The third-order valence-corrected chi connectivity index (χ3v) is 12.1. The lowest BCUT2D eigenvalue weighted by atomic mass is 10.2. The highest BCUT2D eigenvalue weighted by atomic mass is 127. The molecule has 0 saturated heterocycles. The summed E-state index contributed by atoms with van der Waals surface area (Å²) in [5.74, 6) is 1.91. The summed E-state index contributed by atoms with van der Waals surface area (Å²) in [6.45, 7) is 14.3. The normalized spacial score (nSPS) is 10.9. The van der Waals surface area contributed by atoms with Gasteiger partial charge in [0.25, 0.3) is 14.1 Å². The number of rotatable bonds is 7. The van der Waals surface area contributed by atoms with Gasteiger partial charge in [-0.3, -0.25) is 0 Å². The van der Waals surface area contributed by atoms with Gasteiger partial charge in [0.1, 0.15) is 0 Å². The number of carboxylic acids is 1. The quantitative estimate of drug-likeness (QED) is 0.181. The van der Waals surface area contributed by atoms with E-state index in [1.165, 1.54) is 0 Å². The van der Waals surface area contributed by atoms with E-state index >= 15 is 0 Å². The largest absolute Gasteiger partial charge is 0.478 e. The van der Waals surface area contributed by atoms with E-state index < -0.39 is 20.1 Å². The smallest absolute Gasteiger partial charge is 0.336 e. The molecule has 1 rings (SSSR count). The molecule has 0 unspecified atom stereocenters. The molecule has 0 bridgehead atoms. The molecule has 0 saturated carbocycles. The molecule has 0 heterocycles. The van der Waals surface area contributed by atoms with Crippen LogP contribution in [0.25, 0.3) is 0 Å². The van der Waals surface area contributed by atoms with Crippen molar-refractivity contribution in [2.45, 2.75) is 57.4 Å². The van der Waals surface area contributed by atoms with Crippen LogP contribution in [0.1, 0.15) is 51.9 Å². The van der Waals surface area contributed by atoms with Gasteiger partial charge in [-0.15, -0.1) is 0 Å². The summed E-state index contributed by atoms with van der Waals surface area (Å²) in [7, 11) is 0. The van der Waals surface area contributed by atoms with Crippen LogP contribution < -0.4 is 0 Å². The number of carbonyl (C=O) groups is 1. The van der Waals surface area contributed by atoms with Gasteiger partial charge in [-0.1, -0.05) is 75.1 Å². The summed E-state index contributed by atoms with van der Waals surface area (Å²) in [6, 6.07) is 3.63. The van der Waals surface area contributed by atoms with Gasteiger partial charge in [-0.2, -0.15) is 0 Å². The van der Waals surface area contributed by atoms with Crippen LogP contribution >= 0.6 is 67.8 Å². The van der Waals surface area contributed by atoms with Crippen LogP contribution in [0.4, 0.5) is 0 Å². The topological polar surface area (TPSA) is 37.3 Å².